The predicted molar refractivity (Wildman–Crippen MR) is 54.2 cm³/mol. The van der Waals surface area contributed by atoms with Gasteiger partial charge in [0, 0.05) is 5.41 Å². The number of carbonyl (C=O) groups excluding carboxylic acids is 1. The zero-order valence-electron chi connectivity index (χ0n) is 8.64. The van der Waals surface area contributed by atoms with Crippen LogP contribution in [0.15, 0.2) is 0 Å². The Morgan fingerprint density at radius 3 is 2.38 bits per heavy atom. The summed E-state index contributed by atoms with van der Waals surface area (Å²) in [6.45, 7) is 2.19. The van der Waals surface area contributed by atoms with Gasteiger partial charge < -0.3 is 5.73 Å². The van der Waals surface area contributed by atoms with Crippen molar-refractivity contribution in [3.63, 3.8) is 0 Å². The number of rotatable bonds is 5. The zero-order chi connectivity index (χ0) is 9.73. The van der Waals surface area contributed by atoms with Gasteiger partial charge in [-0.3, -0.25) is 4.79 Å². The Morgan fingerprint density at radius 2 is 1.92 bits per heavy atom. The molecule has 0 spiro atoms. The molecular formula is C11H21NO. The monoisotopic (exact) mass is 183 g/mol. The average molecular weight is 183 g/mol. The molecule has 0 radical (unpaired) electrons. The highest BCUT2D eigenvalue weighted by Crippen LogP contribution is 2.41. The Bertz CT molecular complexity index is 171. The van der Waals surface area contributed by atoms with Crippen LogP contribution in [0.4, 0.5) is 0 Å². The summed E-state index contributed by atoms with van der Waals surface area (Å²) >= 11 is 0. The van der Waals surface area contributed by atoms with Gasteiger partial charge in [0.1, 0.15) is 0 Å². The van der Waals surface area contributed by atoms with Crippen molar-refractivity contribution in [2.45, 2.75) is 58.3 Å². The van der Waals surface area contributed by atoms with E-state index in [1.807, 2.05) is 0 Å². The zero-order valence-corrected chi connectivity index (χ0v) is 8.64. The molecule has 76 valence electrons. The quantitative estimate of drug-likeness (QED) is 0.654. The molecule has 0 aromatic heterocycles. The van der Waals surface area contributed by atoms with Gasteiger partial charge in [0.2, 0.25) is 5.91 Å². The Balaban J connectivity index is 2.43. The molecule has 1 aliphatic carbocycles. The number of hydrogen-bond acceptors (Lipinski definition) is 1. The summed E-state index contributed by atoms with van der Waals surface area (Å²) < 4.78 is 0. The van der Waals surface area contributed by atoms with E-state index < -0.39 is 0 Å². The van der Waals surface area contributed by atoms with Crippen molar-refractivity contribution in [1.82, 2.24) is 0 Å². The van der Waals surface area contributed by atoms with Crippen LogP contribution in [0.25, 0.3) is 0 Å². The molecule has 1 aliphatic rings. The van der Waals surface area contributed by atoms with Gasteiger partial charge in [-0.2, -0.15) is 0 Å². The molecule has 1 rings (SSSR count). The average Bonchev–Trinajstić information content (AvgIpc) is 2.55. The third-order valence-corrected chi connectivity index (χ3v) is 3.34. The summed E-state index contributed by atoms with van der Waals surface area (Å²) in [5.74, 6) is -0.0545. The lowest BCUT2D eigenvalue weighted by Gasteiger charge is -2.24. The molecule has 0 heterocycles. The predicted octanol–water partition coefficient (Wildman–Crippen LogP) is 2.61. The third kappa shape index (κ3) is 2.45. The van der Waals surface area contributed by atoms with Crippen LogP contribution < -0.4 is 5.73 Å². The fraction of sp³-hybridized carbons (Fsp3) is 0.909. The molecule has 0 unspecified atom stereocenters. The van der Waals surface area contributed by atoms with Crippen molar-refractivity contribution >= 4 is 5.91 Å². The molecular weight excluding hydrogens is 162 g/mol. The van der Waals surface area contributed by atoms with E-state index in [0.29, 0.717) is 0 Å². The SMILES string of the molecule is CCCCCC1(C(N)=O)CCCC1. The number of carbonyl (C=O) groups is 1. The maximum absolute atomic E-state index is 11.3. The van der Waals surface area contributed by atoms with E-state index in [2.05, 4.69) is 6.92 Å². The largest absolute Gasteiger partial charge is 0.369 e. The second kappa shape index (κ2) is 4.64. The third-order valence-electron chi connectivity index (χ3n) is 3.34. The van der Waals surface area contributed by atoms with E-state index in [1.54, 1.807) is 0 Å². The summed E-state index contributed by atoms with van der Waals surface area (Å²) in [6, 6.07) is 0. The van der Waals surface area contributed by atoms with Crippen molar-refractivity contribution < 1.29 is 4.79 Å². The van der Waals surface area contributed by atoms with E-state index in [0.717, 1.165) is 19.3 Å². The fourth-order valence-corrected chi connectivity index (χ4v) is 2.38. The van der Waals surface area contributed by atoms with E-state index in [4.69, 9.17) is 5.73 Å². The van der Waals surface area contributed by atoms with E-state index in [-0.39, 0.29) is 11.3 Å². The van der Waals surface area contributed by atoms with Gasteiger partial charge in [-0.1, -0.05) is 39.0 Å². The van der Waals surface area contributed by atoms with Crippen molar-refractivity contribution in [2.75, 3.05) is 0 Å². The van der Waals surface area contributed by atoms with Crippen LogP contribution in [0.3, 0.4) is 0 Å². The topological polar surface area (TPSA) is 43.1 Å². The number of hydrogen-bond donors (Lipinski definition) is 1. The minimum Gasteiger partial charge on any atom is -0.369 e. The van der Waals surface area contributed by atoms with Crippen LogP contribution in [-0.4, -0.2) is 5.91 Å². The lowest BCUT2D eigenvalue weighted by molar-refractivity contribution is -0.127. The first kappa shape index (κ1) is 10.6. The standard InChI is InChI=1S/C11H21NO/c1-2-3-4-7-11(10(12)13)8-5-6-9-11/h2-9H2,1H3,(H2,12,13). The van der Waals surface area contributed by atoms with Gasteiger partial charge in [0.25, 0.3) is 0 Å². The normalized spacial score (nSPS) is 20.4. The molecule has 2 N–H and O–H groups in total. The summed E-state index contributed by atoms with van der Waals surface area (Å²) in [7, 11) is 0. The summed E-state index contributed by atoms with van der Waals surface area (Å²) in [6.07, 6.45) is 9.09. The maximum Gasteiger partial charge on any atom is 0.223 e. The first-order chi connectivity index (χ1) is 6.21. The first-order valence-corrected chi connectivity index (χ1v) is 5.51. The Morgan fingerprint density at radius 1 is 1.31 bits per heavy atom. The van der Waals surface area contributed by atoms with Gasteiger partial charge in [0.15, 0.2) is 0 Å². The number of unbranched alkanes of at least 4 members (excludes halogenated alkanes) is 2. The minimum absolute atomic E-state index is 0.0545. The Kier molecular flexibility index (Phi) is 3.76. The molecule has 0 aromatic rings. The van der Waals surface area contributed by atoms with Crippen molar-refractivity contribution in [2.24, 2.45) is 11.1 Å². The van der Waals surface area contributed by atoms with Crippen LogP contribution in [0.1, 0.15) is 58.3 Å². The van der Waals surface area contributed by atoms with Crippen molar-refractivity contribution in [1.29, 1.82) is 0 Å². The van der Waals surface area contributed by atoms with Gasteiger partial charge in [-0.05, 0) is 19.3 Å². The minimum atomic E-state index is -0.116. The van der Waals surface area contributed by atoms with Crippen LogP contribution in [0.2, 0.25) is 0 Å². The second-order valence-corrected chi connectivity index (χ2v) is 4.31. The van der Waals surface area contributed by atoms with Crippen LogP contribution in [0.5, 0.6) is 0 Å². The van der Waals surface area contributed by atoms with Crippen molar-refractivity contribution in [3.05, 3.63) is 0 Å². The van der Waals surface area contributed by atoms with Crippen LogP contribution in [-0.2, 0) is 4.79 Å². The number of primary amides is 1. The van der Waals surface area contributed by atoms with Gasteiger partial charge in [-0.25, -0.2) is 0 Å². The van der Waals surface area contributed by atoms with Crippen LogP contribution >= 0.6 is 0 Å². The van der Waals surface area contributed by atoms with Gasteiger partial charge in [-0.15, -0.1) is 0 Å². The second-order valence-electron chi connectivity index (χ2n) is 4.31. The molecule has 0 atom stereocenters. The Labute approximate surface area is 80.9 Å². The van der Waals surface area contributed by atoms with E-state index in [1.165, 1.54) is 32.1 Å². The first-order valence-electron chi connectivity index (χ1n) is 5.51. The van der Waals surface area contributed by atoms with Crippen LogP contribution in [0, 0.1) is 5.41 Å². The number of amides is 1. The summed E-state index contributed by atoms with van der Waals surface area (Å²) in [5.41, 5.74) is 5.36. The van der Waals surface area contributed by atoms with Gasteiger partial charge in [0.05, 0.1) is 0 Å². The maximum atomic E-state index is 11.3. The van der Waals surface area contributed by atoms with Gasteiger partial charge >= 0.3 is 0 Å². The molecule has 2 nitrogen and oxygen atoms in total. The smallest absolute Gasteiger partial charge is 0.223 e. The fourth-order valence-electron chi connectivity index (χ4n) is 2.38. The lowest BCUT2D eigenvalue weighted by atomic mass is 9.80. The summed E-state index contributed by atoms with van der Waals surface area (Å²) in [5, 5.41) is 0. The lowest BCUT2D eigenvalue weighted by Crippen LogP contribution is -2.34. The highest BCUT2D eigenvalue weighted by Gasteiger charge is 2.38. The molecule has 0 aliphatic heterocycles. The Hall–Kier alpha value is -0.530. The molecule has 1 fully saturated rings. The van der Waals surface area contributed by atoms with E-state index >= 15 is 0 Å². The highest BCUT2D eigenvalue weighted by atomic mass is 16.1. The summed E-state index contributed by atoms with van der Waals surface area (Å²) in [4.78, 5) is 11.3. The van der Waals surface area contributed by atoms with Crippen molar-refractivity contribution in [3.8, 4) is 0 Å². The van der Waals surface area contributed by atoms with E-state index in [9.17, 15) is 4.79 Å². The molecule has 13 heavy (non-hydrogen) atoms. The highest BCUT2D eigenvalue weighted by molar-refractivity contribution is 5.81. The molecule has 0 aromatic carbocycles. The molecule has 1 saturated carbocycles. The molecule has 2 heteroatoms. The number of nitrogens with two attached hydrogens (primary N) is 1. The molecule has 0 saturated heterocycles. The molecule has 0 bridgehead atoms. The molecule has 1 amide bonds.